The Bertz CT molecular complexity index is 1190. The van der Waals surface area contributed by atoms with Crippen LogP contribution in [-0.4, -0.2) is 15.0 Å². The van der Waals surface area contributed by atoms with Crippen molar-refractivity contribution < 1.29 is 4.74 Å². The molecule has 2 aromatic heterocycles. The minimum absolute atomic E-state index is 0.352. The smallest absolute Gasteiger partial charge is 0.207 e. The van der Waals surface area contributed by atoms with Gasteiger partial charge in [0.1, 0.15) is 17.3 Å². The number of anilines is 2. The van der Waals surface area contributed by atoms with Gasteiger partial charge in [0, 0.05) is 16.8 Å². The molecule has 0 unspecified atom stereocenters. The maximum atomic E-state index is 5.93. The van der Waals surface area contributed by atoms with Crippen molar-refractivity contribution in [2.45, 2.75) is 13.8 Å². The molecule has 0 fully saturated rings. The van der Waals surface area contributed by atoms with Crippen LogP contribution in [0.1, 0.15) is 17.1 Å². The molecule has 2 heterocycles. The second kappa shape index (κ2) is 7.37. The largest absolute Gasteiger partial charge is 0.455 e. The monoisotopic (exact) mass is 366 g/mol. The van der Waals surface area contributed by atoms with Crippen molar-refractivity contribution in [1.82, 2.24) is 15.0 Å². The first kappa shape index (κ1) is 17.5. The molecule has 0 atom stereocenters. The molecule has 28 heavy (non-hydrogen) atoms. The number of terminal acetylenes is 1. The number of pyridine rings is 1. The molecule has 0 aliphatic carbocycles. The Balaban J connectivity index is 1.63. The van der Waals surface area contributed by atoms with E-state index in [1.807, 2.05) is 68.4 Å². The first-order valence-corrected chi connectivity index (χ1v) is 8.84. The lowest BCUT2D eigenvalue weighted by atomic mass is 10.2. The highest BCUT2D eigenvalue weighted by Crippen LogP contribution is 2.29. The third kappa shape index (κ3) is 3.62. The molecule has 0 aliphatic rings. The number of ether oxygens (including phenoxy) is 1. The highest BCUT2D eigenvalue weighted by molar-refractivity contribution is 5.91. The molecule has 0 bridgehead atoms. The molecule has 2 aromatic carbocycles. The average Bonchev–Trinajstić information content (AvgIpc) is 2.71. The number of nitrogens with one attached hydrogen (secondary N) is 1. The highest BCUT2D eigenvalue weighted by atomic mass is 16.5. The zero-order chi connectivity index (χ0) is 19.5. The Morgan fingerprint density at radius 3 is 2.61 bits per heavy atom. The first-order chi connectivity index (χ1) is 13.6. The second-order valence-electron chi connectivity index (χ2n) is 6.40. The van der Waals surface area contributed by atoms with E-state index >= 15 is 0 Å². The number of fused-ring (bicyclic) bond motifs is 1. The van der Waals surface area contributed by atoms with Crippen LogP contribution in [0.3, 0.4) is 0 Å². The molecule has 0 radical (unpaired) electrons. The average molecular weight is 366 g/mol. The fourth-order valence-electron chi connectivity index (χ4n) is 2.86. The lowest BCUT2D eigenvalue weighted by Crippen LogP contribution is -2.00. The van der Waals surface area contributed by atoms with Crippen LogP contribution in [0.25, 0.3) is 10.9 Å². The van der Waals surface area contributed by atoms with Gasteiger partial charge in [-0.3, -0.25) is 4.98 Å². The summed E-state index contributed by atoms with van der Waals surface area (Å²) in [5.41, 5.74) is 3.63. The van der Waals surface area contributed by atoms with Crippen molar-refractivity contribution in [3.05, 3.63) is 77.9 Å². The summed E-state index contributed by atoms with van der Waals surface area (Å²) >= 11 is 0. The maximum Gasteiger partial charge on any atom is 0.207 e. The van der Waals surface area contributed by atoms with E-state index in [2.05, 4.69) is 26.2 Å². The molecular formula is C23H18N4O. The Morgan fingerprint density at radius 2 is 1.86 bits per heavy atom. The van der Waals surface area contributed by atoms with E-state index in [1.54, 1.807) is 6.20 Å². The summed E-state index contributed by atoms with van der Waals surface area (Å²) in [6, 6.07) is 17.4. The Morgan fingerprint density at radius 1 is 1.00 bits per heavy atom. The summed E-state index contributed by atoms with van der Waals surface area (Å²) in [5, 5.41) is 4.25. The number of nitrogens with zero attached hydrogens (tertiary/aromatic N) is 3. The predicted octanol–water partition coefficient (Wildman–Crippen LogP) is 5.16. The Hall–Kier alpha value is -3.91. The van der Waals surface area contributed by atoms with Gasteiger partial charge in [0.15, 0.2) is 0 Å². The van der Waals surface area contributed by atoms with Crippen LogP contribution in [-0.2, 0) is 0 Å². The van der Waals surface area contributed by atoms with E-state index in [9.17, 15) is 0 Å². The van der Waals surface area contributed by atoms with E-state index in [4.69, 9.17) is 11.2 Å². The molecule has 4 rings (SSSR count). The Labute approximate surface area is 163 Å². The minimum atomic E-state index is 0.352. The quantitative estimate of drug-likeness (QED) is 0.506. The van der Waals surface area contributed by atoms with Crippen molar-refractivity contribution in [3.8, 4) is 23.8 Å². The fourth-order valence-corrected chi connectivity index (χ4v) is 2.86. The molecule has 0 aliphatic heterocycles. The topological polar surface area (TPSA) is 59.9 Å². The summed E-state index contributed by atoms with van der Waals surface area (Å²) in [5.74, 6) is 5.01. The van der Waals surface area contributed by atoms with Gasteiger partial charge < -0.3 is 10.1 Å². The number of hydrogen-bond donors (Lipinski definition) is 1. The third-order valence-electron chi connectivity index (χ3n) is 4.28. The van der Waals surface area contributed by atoms with Crippen molar-refractivity contribution in [3.63, 3.8) is 0 Å². The van der Waals surface area contributed by atoms with Crippen LogP contribution in [0, 0.1) is 26.2 Å². The zero-order valence-corrected chi connectivity index (χ0v) is 15.6. The van der Waals surface area contributed by atoms with E-state index in [0.29, 0.717) is 17.4 Å². The fraction of sp³-hybridized carbons (Fsp3) is 0.0870. The van der Waals surface area contributed by atoms with E-state index in [-0.39, 0.29) is 0 Å². The minimum Gasteiger partial charge on any atom is -0.455 e. The van der Waals surface area contributed by atoms with Gasteiger partial charge >= 0.3 is 0 Å². The van der Waals surface area contributed by atoms with E-state index in [0.717, 1.165) is 33.6 Å². The van der Waals surface area contributed by atoms with Crippen LogP contribution in [0.4, 0.5) is 11.5 Å². The molecule has 136 valence electrons. The molecule has 5 nitrogen and oxygen atoms in total. The van der Waals surface area contributed by atoms with Crippen LogP contribution in [0.2, 0.25) is 0 Å². The molecule has 4 aromatic rings. The van der Waals surface area contributed by atoms with Gasteiger partial charge in [0.25, 0.3) is 0 Å². The van der Waals surface area contributed by atoms with E-state index < -0.39 is 0 Å². The van der Waals surface area contributed by atoms with Crippen LogP contribution < -0.4 is 10.1 Å². The Kier molecular flexibility index (Phi) is 4.61. The van der Waals surface area contributed by atoms with Gasteiger partial charge in [-0.15, -0.1) is 6.42 Å². The van der Waals surface area contributed by atoms with Gasteiger partial charge in [0.05, 0.1) is 11.7 Å². The second-order valence-corrected chi connectivity index (χ2v) is 6.40. The van der Waals surface area contributed by atoms with Crippen molar-refractivity contribution >= 4 is 22.4 Å². The highest BCUT2D eigenvalue weighted by Gasteiger charge is 2.09. The third-order valence-corrected chi connectivity index (χ3v) is 4.28. The molecular weight excluding hydrogens is 348 g/mol. The first-order valence-electron chi connectivity index (χ1n) is 8.84. The van der Waals surface area contributed by atoms with Crippen molar-refractivity contribution in [1.29, 1.82) is 0 Å². The molecule has 0 saturated heterocycles. The summed E-state index contributed by atoms with van der Waals surface area (Å²) in [7, 11) is 0. The standard InChI is InChI=1S/C23H18N4O/c1-4-22-26-20-8-6-5-7-19(20)23(27-22)25-17-10-12-21(15(2)13-17)28-18-11-9-16(3)24-14-18/h1,5-14H,2-3H3,(H,25,26,27). The van der Waals surface area contributed by atoms with E-state index in [1.165, 1.54) is 0 Å². The van der Waals surface area contributed by atoms with Gasteiger partial charge in [-0.05, 0) is 67.8 Å². The zero-order valence-electron chi connectivity index (χ0n) is 15.6. The van der Waals surface area contributed by atoms with Crippen molar-refractivity contribution in [2.75, 3.05) is 5.32 Å². The van der Waals surface area contributed by atoms with Gasteiger partial charge in [-0.25, -0.2) is 9.97 Å². The maximum absolute atomic E-state index is 5.93. The molecule has 0 saturated carbocycles. The molecule has 5 heteroatoms. The number of rotatable bonds is 4. The summed E-state index contributed by atoms with van der Waals surface area (Å²) in [6.07, 6.45) is 7.22. The number of hydrogen-bond acceptors (Lipinski definition) is 5. The van der Waals surface area contributed by atoms with Crippen molar-refractivity contribution in [2.24, 2.45) is 0 Å². The molecule has 1 N–H and O–H groups in total. The number of aryl methyl sites for hydroxylation is 2. The van der Waals surface area contributed by atoms with Crippen LogP contribution in [0.5, 0.6) is 11.5 Å². The lowest BCUT2D eigenvalue weighted by Gasteiger charge is -2.13. The predicted molar refractivity (Wildman–Crippen MR) is 111 cm³/mol. The molecule has 0 spiro atoms. The molecule has 0 amide bonds. The lowest BCUT2D eigenvalue weighted by molar-refractivity contribution is 0.476. The SMILES string of the molecule is C#Cc1nc(Nc2ccc(Oc3ccc(C)nc3)c(C)c2)c2ccccc2n1. The normalized spacial score (nSPS) is 10.5. The van der Waals surface area contributed by atoms with Gasteiger partial charge in [-0.2, -0.15) is 0 Å². The number of benzene rings is 2. The summed E-state index contributed by atoms with van der Waals surface area (Å²) in [6.45, 7) is 3.94. The number of para-hydroxylation sites is 1. The van der Waals surface area contributed by atoms with Gasteiger partial charge in [0.2, 0.25) is 5.82 Å². The van der Waals surface area contributed by atoms with Crippen LogP contribution in [0.15, 0.2) is 60.8 Å². The summed E-state index contributed by atoms with van der Waals surface area (Å²) < 4.78 is 5.93. The number of aromatic nitrogens is 3. The van der Waals surface area contributed by atoms with Gasteiger partial charge in [-0.1, -0.05) is 12.1 Å². The summed E-state index contributed by atoms with van der Waals surface area (Å²) in [4.78, 5) is 13.1. The van der Waals surface area contributed by atoms with Crippen LogP contribution >= 0.6 is 0 Å².